The van der Waals surface area contributed by atoms with Crippen LogP contribution < -0.4 is 5.73 Å². The van der Waals surface area contributed by atoms with Crippen molar-refractivity contribution in [1.29, 1.82) is 0 Å². The van der Waals surface area contributed by atoms with Crippen molar-refractivity contribution >= 4 is 17.4 Å². The molecule has 84 valence electrons. The summed E-state index contributed by atoms with van der Waals surface area (Å²) in [4.78, 5) is 4.19. The van der Waals surface area contributed by atoms with E-state index in [0.29, 0.717) is 5.92 Å². The van der Waals surface area contributed by atoms with E-state index in [1.54, 1.807) is 18.0 Å². The number of nitrogens with two attached hydrogens (primary N) is 1. The first-order valence-electron chi connectivity index (χ1n) is 5.11. The highest BCUT2D eigenvalue weighted by atomic mass is 32.2. The lowest BCUT2D eigenvalue weighted by atomic mass is 10.2. The van der Waals surface area contributed by atoms with Crippen LogP contribution >= 0.6 is 11.8 Å². The van der Waals surface area contributed by atoms with Gasteiger partial charge in [0.1, 0.15) is 5.03 Å². The van der Waals surface area contributed by atoms with Crippen LogP contribution in [0.3, 0.4) is 0 Å². The smallest absolute Gasteiger partial charge is 0.119 e. The van der Waals surface area contributed by atoms with Gasteiger partial charge in [0.05, 0.1) is 12.3 Å². The number of pyridine rings is 1. The molecule has 0 aliphatic heterocycles. The molecule has 0 aliphatic rings. The molecule has 1 aromatic rings. The number of thioether (sulfide) groups is 1. The van der Waals surface area contributed by atoms with Crippen molar-refractivity contribution in [2.75, 3.05) is 24.7 Å². The molecule has 15 heavy (non-hydrogen) atoms. The second-order valence-corrected chi connectivity index (χ2v) is 4.80. The van der Waals surface area contributed by atoms with Gasteiger partial charge in [0.15, 0.2) is 0 Å². The quantitative estimate of drug-likeness (QED) is 0.598. The zero-order chi connectivity index (χ0) is 11.1. The third kappa shape index (κ3) is 5.04. The third-order valence-corrected chi connectivity index (χ3v) is 2.70. The van der Waals surface area contributed by atoms with Crippen molar-refractivity contribution in [3.05, 3.63) is 18.3 Å². The zero-order valence-electron chi connectivity index (χ0n) is 9.27. The van der Waals surface area contributed by atoms with Gasteiger partial charge in [-0.2, -0.15) is 0 Å². The second kappa shape index (κ2) is 6.69. The van der Waals surface area contributed by atoms with E-state index in [4.69, 9.17) is 10.5 Å². The molecule has 0 fully saturated rings. The van der Waals surface area contributed by atoms with Crippen molar-refractivity contribution < 1.29 is 4.74 Å². The number of hydrogen-bond acceptors (Lipinski definition) is 4. The Kier molecular flexibility index (Phi) is 5.50. The van der Waals surface area contributed by atoms with Gasteiger partial charge in [-0.15, -0.1) is 11.8 Å². The highest BCUT2D eigenvalue weighted by molar-refractivity contribution is 7.99. The van der Waals surface area contributed by atoms with Gasteiger partial charge in [-0.25, -0.2) is 4.98 Å². The summed E-state index contributed by atoms with van der Waals surface area (Å²) in [7, 11) is 0. The lowest BCUT2D eigenvalue weighted by molar-refractivity contribution is 0.124. The highest BCUT2D eigenvalue weighted by Crippen LogP contribution is 2.20. The van der Waals surface area contributed by atoms with Gasteiger partial charge in [-0.1, -0.05) is 13.8 Å². The van der Waals surface area contributed by atoms with Crippen LogP contribution in [0.15, 0.2) is 23.4 Å². The number of nitrogens with zero attached hydrogens (tertiary/aromatic N) is 1. The first-order chi connectivity index (χ1) is 7.20. The van der Waals surface area contributed by atoms with E-state index < -0.39 is 0 Å². The highest BCUT2D eigenvalue weighted by Gasteiger charge is 2.00. The first kappa shape index (κ1) is 12.3. The molecule has 0 saturated heterocycles. The van der Waals surface area contributed by atoms with E-state index in [9.17, 15) is 0 Å². The molecule has 0 bridgehead atoms. The number of aromatic nitrogens is 1. The van der Waals surface area contributed by atoms with Gasteiger partial charge in [0.25, 0.3) is 0 Å². The summed E-state index contributed by atoms with van der Waals surface area (Å²) < 4.78 is 5.47. The summed E-state index contributed by atoms with van der Waals surface area (Å²) in [6.07, 6.45) is 1.76. The summed E-state index contributed by atoms with van der Waals surface area (Å²) in [5.41, 5.74) is 6.50. The molecule has 2 N–H and O–H groups in total. The molecule has 1 aromatic heterocycles. The summed E-state index contributed by atoms with van der Waals surface area (Å²) in [6.45, 7) is 5.85. The van der Waals surface area contributed by atoms with Gasteiger partial charge in [-0.3, -0.25) is 0 Å². The average molecular weight is 226 g/mol. The van der Waals surface area contributed by atoms with E-state index in [0.717, 1.165) is 29.7 Å². The molecule has 0 saturated carbocycles. The van der Waals surface area contributed by atoms with Crippen molar-refractivity contribution in [3.8, 4) is 0 Å². The molecule has 0 aliphatic carbocycles. The lowest BCUT2D eigenvalue weighted by Crippen LogP contribution is -2.05. The first-order valence-corrected chi connectivity index (χ1v) is 6.09. The fraction of sp³-hybridized carbons (Fsp3) is 0.545. The topological polar surface area (TPSA) is 48.1 Å². The van der Waals surface area contributed by atoms with E-state index in [2.05, 4.69) is 18.8 Å². The Morgan fingerprint density at radius 1 is 1.53 bits per heavy atom. The van der Waals surface area contributed by atoms with Crippen LogP contribution in [0.1, 0.15) is 13.8 Å². The molecule has 0 radical (unpaired) electrons. The van der Waals surface area contributed by atoms with Crippen LogP contribution in [0, 0.1) is 5.92 Å². The summed E-state index contributed by atoms with van der Waals surface area (Å²) in [5.74, 6) is 1.49. The summed E-state index contributed by atoms with van der Waals surface area (Å²) >= 11 is 1.64. The molecule has 0 atom stereocenters. The Balaban J connectivity index is 2.18. The molecule has 0 unspecified atom stereocenters. The summed E-state index contributed by atoms with van der Waals surface area (Å²) in [6, 6.07) is 3.71. The second-order valence-electron chi connectivity index (χ2n) is 3.72. The molecule has 1 rings (SSSR count). The minimum Gasteiger partial charge on any atom is -0.397 e. The van der Waals surface area contributed by atoms with Gasteiger partial charge < -0.3 is 10.5 Å². The van der Waals surface area contributed by atoms with Crippen molar-refractivity contribution in [2.24, 2.45) is 5.92 Å². The number of nitrogen functional groups attached to an aromatic ring is 1. The van der Waals surface area contributed by atoms with Gasteiger partial charge >= 0.3 is 0 Å². The average Bonchev–Trinajstić information content (AvgIpc) is 2.20. The largest absolute Gasteiger partial charge is 0.397 e. The molecule has 0 spiro atoms. The standard InChI is InChI=1S/C11H18N2OS/c1-9(2)8-14-6-7-15-11-10(12)4-3-5-13-11/h3-5,9H,6-8,12H2,1-2H3. The Bertz CT molecular complexity index is 292. The van der Waals surface area contributed by atoms with Gasteiger partial charge in [0, 0.05) is 18.6 Å². The monoisotopic (exact) mass is 226 g/mol. The normalized spacial score (nSPS) is 10.9. The maximum atomic E-state index is 5.76. The van der Waals surface area contributed by atoms with Crippen molar-refractivity contribution in [1.82, 2.24) is 4.98 Å². The van der Waals surface area contributed by atoms with E-state index in [1.807, 2.05) is 12.1 Å². The maximum absolute atomic E-state index is 5.76. The summed E-state index contributed by atoms with van der Waals surface area (Å²) in [5, 5.41) is 0.894. The fourth-order valence-corrected chi connectivity index (χ4v) is 1.80. The molecule has 3 nitrogen and oxygen atoms in total. The number of ether oxygens (including phenoxy) is 1. The molecular formula is C11H18N2OS. The van der Waals surface area contributed by atoms with Crippen LogP contribution in [-0.2, 0) is 4.74 Å². The zero-order valence-corrected chi connectivity index (χ0v) is 10.1. The minimum absolute atomic E-state index is 0.593. The Labute approximate surface area is 95.4 Å². The Hall–Kier alpha value is -0.740. The predicted molar refractivity (Wildman–Crippen MR) is 65.0 cm³/mol. The Morgan fingerprint density at radius 3 is 3.00 bits per heavy atom. The van der Waals surface area contributed by atoms with Crippen LogP contribution in [0.4, 0.5) is 5.69 Å². The van der Waals surface area contributed by atoms with Crippen LogP contribution in [0.25, 0.3) is 0 Å². The van der Waals surface area contributed by atoms with Gasteiger partial charge in [0.2, 0.25) is 0 Å². The lowest BCUT2D eigenvalue weighted by Gasteiger charge is -2.06. The van der Waals surface area contributed by atoms with E-state index in [-0.39, 0.29) is 0 Å². The molecule has 0 aromatic carbocycles. The Morgan fingerprint density at radius 2 is 2.33 bits per heavy atom. The molecule has 0 amide bonds. The van der Waals surface area contributed by atoms with Crippen molar-refractivity contribution in [3.63, 3.8) is 0 Å². The van der Waals surface area contributed by atoms with Crippen LogP contribution in [0.5, 0.6) is 0 Å². The number of anilines is 1. The SMILES string of the molecule is CC(C)COCCSc1ncccc1N. The van der Waals surface area contributed by atoms with E-state index >= 15 is 0 Å². The minimum atomic E-state index is 0.593. The van der Waals surface area contributed by atoms with E-state index in [1.165, 1.54) is 0 Å². The molecule has 1 heterocycles. The van der Waals surface area contributed by atoms with Crippen LogP contribution in [-0.4, -0.2) is 24.0 Å². The third-order valence-electron chi connectivity index (χ3n) is 1.72. The van der Waals surface area contributed by atoms with Crippen LogP contribution in [0.2, 0.25) is 0 Å². The fourth-order valence-electron chi connectivity index (χ4n) is 1.04. The van der Waals surface area contributed by atoms with Crippen molar-refractivity contribution in [2.45, 2.75) is 18.9 Å². The molecular weight excluding hydrogens is 208 g/mol. The van der Waals surface area contributed by atoms with Gasteiger partial charge in [-0.05, 0) is 18.1 Å². The maximum Gasteiger partial charge on any atom is 0.119 e. The predicted octanol–water partition coefficient (Wildman–Crippen LogP) is 2.43. The number of hydrogen-bond donors (Lipinski definition) is 1. The number of rotatable bonds is 6. The molecule has 4 heteroatoms.